The van der Waals surface area contributed by atoms with Gasteiger partial charge in [0.15, 0.2) is 0 Å². The molecule has 1 atom stereocenters. The molecule has 106 valence electrons. The molecule has 19 heavy (non-hydrogen) atoms. The van der Waals surface area contributed by atoms with Crippen LogP contribution in [0.25, 0.3) is 0 Å². The van der Waals surface area contributed by atoms with Gasteiger partial charge in [0.1, 0.15) is 5.82 Å². The van der Waals surface area contributed by atoms with Gasteiger partial charge in [-0.15, -0.1) is 0 Å². The van der Waals surface area contributed by atoms with Crippen LogP contribution in [0.5, 0.6) is 0 Å². The maximum atomic E-state index is 12.8. The topological polar surface area (TPSA) is 24.9 Å². The van der Waals surface area contributed by atoms with Crippen LogP contribution < -0.4 is 5.32 Å². The summed E-state index contributed by atoms with van der Waals surface area (Å²) in [6, 6.07) is 3.44. The number of aromatic nitrogens is 1. The molecule has 1 saturated carbocycles. The Hall–Kier alpha value is -0.960. The zero-order chi connectivity index (χ0) is 13.7. The third-order valence-electron chi connectivity index (χ3n) is 4.45. The van der Waals surface area contributed by atoms with E-state index in [9.17, 15) is 4.39 Å². The lowest BCUT2D eigenvalue weighted by Gasteiger charge is -2.28. The lowest BCUT2D eigenvalue weighted by Crippen LogP contribution is -2.28. The minimum Gasteiger partial charge on any atom is -0.309 e. The second kappa shape index (κ2) is 6.99. The summed E-state index contributed by atoms with van der Waals surface area (Å²) in [5.41, 5.74) is 0.920. The second-order valence-corrected chi connectivity index (χ2v) is 5.83. The van der Waals surface area contributed by atoms with Crippen LogP contribution in [-0.2, 0) is 0 Å². The highest BCUT2D eigenvalue weighted by Gasteiger charge is 2.20. The molecule has 0 aliphatic heterocycles. The number of hydrogen-bond acceptors (Lipinski definition) is 2. The maximum absolute atomic E-state index is 12.8. The van der Waals surface area contributed by atoms with Crippen LogP contribution in [0.3, 0.4) is 0 Å². The van der Waals surface area contributed by atoms with Gasteiger partial charge in [0.05, 0.1) is 11.9 Å². The minimum atomic E-state index is -0.270. The van der Waals surface area contributed by atoms with Crippen molar-refractivity contribution >= 4 is 0 Å². The summed E-state index contributed by atoms with van der Waals surface area (Å²) in [6.45, 7) is 5.44. The summed E-state index contributed by atoms with van der Waals surface area (Å²) in [7, 11) is 0. The standard InChI is InChI=1S/C16H25FN2/c1-3-13-4-6-14(7-5-13)10-18-12(2)16-9-8-15(17)11-19-16/h8-9,11-14,18H,3-7,10H2,1-2H3. The molecule has 0 saturated heterocycles. The van der Waals surface area contributed by atoms with Crippen molar-refractivity contribution in [2.45, 2.75) is 52.0 Å². The van der Waals surface area contributed by atoms with E-state index in [1.165, 1.54) is 44.4 Å². The number of rotatable bonds is 5. The SMILES string of the molecule is CCC1CCC(CNC(C)c2ccc(F)cn2)CC1. The van der Waals surface area contributed by atoms with Crippen molar-refractivity contribution in [1.29, 1.82) is 0 Å². The van der Waals surface area contributed by atoms with E-state index in [4.69, 9.17) is 0 Å². The van der Waals surface area contributed by atoms with Crippen LogP contribution in [0, 0.1) is 17.7 Å². The highest BCUT2D eigenvalue weighted by molar-refractivity contribution is 5.08. The maximum Gasteiger partial charge on any atom is 0.141 e. The van der Waals surface area contributed by atoms with E-state index in [0.717, 1.165) is 24.1 Å². The van der Waals surface area contributed by atoms with Gasteiger partial charge in [-0.25, -0.2) is 4.39 Å². The third kappa shape index (κ3) is 4.27. The van der Waals surface area contributed by atoms with Crippen molar-refractivity contribution in [3.8, 4) is 0 Å². The molecule has 0 amide bonds. The van der Waals surface area contributed by atoms with Crippen molar-refractivity contribution in [3.63, 3.8) is 0 Å². The molecule has 1 N–H and O–H groups in total. The molecule has 3 heteroatoms. The minimum absolute atomic E-state index is 0.199. The number of halogens is 1. The molecule has 0 spiro atoms. The van der Waals surface area contributed by atoms with E-state index in [2.05, 4.69) is 24.1 Å². The second-order valence-electron chi connectivity index (χ2n) is 5.83. The number of hydrogen-bond donors (Lipinski definition) is 1. The molecular formula is C16H25FN2. The Morgan fingerprint density at radius 2 is 1.95 bits per heavy atom. The molecule has 0 aromatic carbocycles. The quantitative estimate of drug-likeness (QED) is 0.866. The molecule has 1 heterocycles. The Kier molecular flexibility index (Phi) is 5.32. The molecule has 0 bridgehead atoms. The Labute approximate surface area is 115 Å². The van der Waals surface area contributed by atoms with E-state index < -0.39 is 0 Å². The predicted octanol–water partition coefficient (Wildman–Crippen LogP) is 4.09. The Bertz CT molecular complexity index is 369. The summed E-state index contributed by atoms with van der Waals surface area (Å²) >= 11 is 0. The van der Waals surface area contributed by atoms with E-state index in [1.807, 2.05) is 0 Å². The van der Waals surface area contributed by atoms with Crippen LogP contribution in [0.15, 0.2) is 18.3 Å². The average molecular weight is 264 g/mol. The lowest BCUT2D eigenvalue weighted by molar-refractivity contribution is 0.257. The lowest BCUT2D eigenvalue weighted by atomic mass is 9.81. The fourth-order valence-corrected chi connectivity index (χ4v) is 2.94. The highest BCUT2D eigenvalue weighted by Crippen LogP contribution is 2.30. The van der Waals surface area contributed by atoms with Crippen molar-refractivity contribution in [1.82, 2.24) is 10.3 Å². The first kappa shape index (κ1) is 14.4. The fraction of sp³-hybridized carbons (Fsp3) is 0.688. The number of pyridine rings is 1. The van der Waals surface area contributed by atoms with Gasteiger partial charge >= 0.3 is 0 Å². The Morgan fingerprint density at radius 3 is 2.53 bits per heavy atom. The molecule has 0 radical (unpaired) electrons. The summed E-state index contributed by atoms with van der Waals surface area (Å²) in [5, 5.41) is 3.54. The Balaban J connectivity index is 1.75. The number of nitrogens with one attached hydrogen (secondary N) is 1. The van der Waals surface area contributed by atoms with Crippen LogP contribution in [-0.4, -0.2) is 11.5 Å². The first-order chi connectivity index (χ1) is 9.19. The van der Waals surface area contributed by atoms with Gasteiger partial charge in [-0.05, 0) is 50.3 Å². The molecule has 1 unspecified atom stereocenters. The van der Waals surface area contributed by atoms with Crippen molar-refractivity contribution in [3.05, 3.63) is 29.8 Å². The summed E-state index contributed by atoms with van der Waals surface area (Å²) in [5.74, 6) is 1.48. The van der Waals surface area contributed by atoms with Gasteiger partial charge in [-0.2, -0.15) is 0 Å². The van der Waals surface area contributed by atoms with Gasteiger partial charge in [-0.1, -0.05) is 26.2 Å². The first-order valence-corrected chi connectivity index (χ1v) is 7.53. The van der Waals surface area contributed by atoms with Crippen LogP contribution >= 0.6 is 0 Å². The van der Waals surface area contributed by atoms with Gasteiger partial charge in [0.25, 0.3) is 0 Å². The zero-order valence-electron chi connectivity index (χ0n) is 12.0. The third-order valence-corrected chi connectivity index (χ3v) is 4.45. The van der Waals surface area contributed by atoms with Crippen LogP contribution in [0.4, 0.5) is 4.39 Å². The van der Waals surface area contributed by atoms with Crippen molar-refractivity contribution in [2.24, 2.45) is 11.8 Å². The summed E-state index contributed by atoms with van der Waals surface area (Å²) in [6.07, 6.45) is 8.07. The van der Waals surface area contributed by atoms with Gasteiger partial charge in [0, 0.05) is 6.04 Å². The van der Waals surface area contributed by atoms with Crippen LogP contribution in [0.1, 0.15) is 57.7 Å². The predicted molar refractivity (Wildman–Crippen MR) is 76.4 cm³/mol. The van der Waals surface area contributed by atoms with Gasteiger partial charge in [-0.3, -0.25) is 4.98 Å². The molecule has 1 aromatic heterocycles. The monoisotopic (exact) mass is 264 g/mol. The molecule has 1 fully saturated rings. The largest absolute Gasteiger partial charge is 0.309 e. The molecule has 2 rings (SSSR count). The fourth-order valence-electron chi connectivity index (χ4n) is 2.94. The summed E-state index contributed by atoms with van der Waals surface area (Å²) in [4.78, 5) is 4.13. The van der Waals surface area contributed by atoms with Gasteiger partial charge in [0.2, 0.25) is 0 Å². The van der Waals surface area contributed by atoms with E-state index >= 15 is 0 Å². The van der Waals surface area contributed by atoms with Crippen molar-refractivity contribution < 1.29 is 4.39 Å². The van der Waals surface area contributed by atoms with Gasteiger partial charge < -0.3 is 5.32 Å². The highest BCUT2D eigenvalue weighted by atomic mass is 19.1. The summed E-state index contributed by atoms with van der Waals surface area (Å²) < 4.78 is 12.8. The van der Waals surface area contributed by atoms with E-state index in [0.29, 0.717) is 0 Å². The van der Waals surface area contributed by atoms with Crippen molar-refractivity contribution in [2.75, 3.05) is 6.54 Å². The van der Waals surface area contributed by atoms with Crippen LogP contribution in [0.2, 0.25) is 0 Å². The van der Waals surface area contributed by atoms with E-state index in [1.54, 1.807) is 6.07 Å². The number of nitrogens with zero attached hydrogens (tertiary/aromatic N) is 1. The molecule has 1 aromatic rings. The molecule has 1 aliphatic rings. The first-order valence-electron chi connectivity index (χ1n) is 7.53. The Morgan fingerprint density at radius 1 is 1.26 bits per heavy atom. The zero-order valence-corrected chi connectivity index (χ0v) is 12.0. The smallest absolute Gasteiger partial charge is 0.141 e. The van der Waals surface area contributed by atoms with E-state index in [-0.39, 0.29) is 11.9 Å². The molecular weight excluding hydrogens is 239 g/mol. The molecule has 1 aliphatic carbocycles. The molecule has 2 nitrogen and oxygen atoms in total. The normalized spacial score (nSPS) is 25.2. The average Bonchev–Trinajstić information content (AvgIpc) is 2.46.